The Morgan fingerprint density at radius 2 is 1.74 bits per heavy atom. The second-order valence-corrected chi connectivity index (χ2v) is 7.40. The summed E-state index contributed by atoms with van der Waals surface area (Å²) in [6, 6.07) is 13.2. The molecule has 2 aromatic carbocycles. The molecule has 1 amide bonds. The number of amides is 1. The Bertz CT molecular complexity index is 849. The van der Waals surface area contributed by atoms with Gasteiger partial charge < -0.3 is 14.8 Å². The lowest BCUT2D eigenvalue weighted by molar-refractivity contribution is -0.121. The fourth-order valence-electron chi connectivity index (χ4n) is 3.61. The van der Waals surface area contributed by atoms with Crippen LogP contribution in [0.25, 0.3) is 0 Å². The van der Waals surface area contributed by atoms with Crippen molar-refractivity contribution in [3.8, 4) is 5.75 Å². The fraction of sp³-hybridized carbons (Fsp3) is 0.417. The Labute approximate surface area is 182 Å². The van der Waals surface area contributed by atoms with E-state index >= 15 is 0 Å². The number of ketones is 1. The minimum absolute atomic E-state index is 0.0738. The summed E-state index contributed by atoms with van der Waals surface area (Å²) < 4.78 is 24.1. The minimum atomic E-state index is -0.290. The molecule has 0 saturated carbocycles. The van der Waals surface area contributed by atoms with Crippen LogP contribution in [-0.4, -0.2) is 56.0 Å². The van der Waals surface area contributed by atoms with Crippen molar-refractivity contribution in [2.24, 2.45) is 0 Å². The Morgan fingerprint density at radius 1 is 1.06 bits per heavy atom. The lowest BCUT2D eigenvalue weighted by atomic mass is 10.0. The molecule has 0 unspecified atom stereocenters. The molecule has 1 aliphatic rings. The largest absolute Gasteiger partial charge is 0.494 e. The molecule has 3 rings (SSSR count). The van der Waals surface area contributed by atoms with Crippen molar-refractivity contribution < 1.29 is 23.5 Å². The Hall–Kier alpha value is -2.77. The van der Waals surface area contributed by atoms with Crippen LogP contribution in [0.3, 0.4) is 0 Å². The SMILES string of the molecule is CCOc1ccc(C(=O)CCC(=O)NC[C@H](c2ccc(F)cc2)N2CCOCC2)cc1. The smallest absolute Gasteiger partial charge is 0.220 e. The van der Waals surface area contributed by atoms with Gasteiger partial charge in [-0.25, -0.2) is 4.39 Å². The first-order valence-electron chi connectivity index (χ1n) is 10.7. The van der Waals surface area contributed by atoms with Gasteiger partial charge in [0.2, 0.25) is 5.91 Å². The van der Waals surface area contributed by atoms with Crippen molar-refractivity contribution in [3.05, 3.63) is 65.5 Å². The van der Waals surface area contributed by atoms with Crippen molar-refractivity contribution in [1.82, 2.24) is 10.2 Å². The number of rotatable bonds is 10. The number of halogens is 1. The van der Waals surface area contributed by atoms with Crippen molar-refractivity contribution in [2.45, 2.75) is 25.8 Å². The molecule has 0 aliphatic carbocycles. The number of carbonyl (C=O) groups excluding carboxylic acids is 2. The van der Waals surface area contributed by atoms with E-state index in [1.165, 1.54) is 12.1 Å². The van der Waals surface area contributed by atoms with Gasteiger partial charge in [-0.15, -0.1) is 0 Å². The van der Waals surface area contributed by atoms with Gasteiger partial charge in [0.15, 0.2) is 5.78 Å². The summed E-state index contributed by atoms with van der Waals surface area (Å²) in [5.74, 6) is 0.161. The number of carbonyl (C=O) groups is 2. The maximum atomic E-state index is 13.3. The molecule has 1 heterocycles. The van der Waals surface area contributed by atoms with Gasteiger partial charge in [0.05, 0.1) is 25.9 Å². The number of hydrogen-bond donors (Lipinski definition) is 1. The highest BCUT2D eigenvalue weighted by atomic mass is 19.1. The first-order chi connectivity index (χ1) is 15.1. The van der Waals surface area contributed by atoms with Crippen LogP contribution in [0.2, 0.25) is 0 Å². The van der Waals surface area contributed by atoms with Gasteiger partial charge in [-0.3, -0.25) is 14.5 Å². The van der Waals surface area contributed by atoms with Crippen LogP contribution in [0.1, 0.15) is 41.7 Å². The van der Waals surface area contributed by atoms with Crippen molar-refractivity contribution >= 4 is 11.7 Å². The third-order valence-corrected chi connectivity index (χ3v) is 5.30. The maximum Gasteiger partial charge on any atom is 0.220 e. The average Bonchev–Trinajstić information content (AvgIpc) is 2.80. The number of Topliss-reactive ketones (excluding diaryl/α,β-unsaturated/α-hetero) is 1. The third-order valence-electron chi connectivity index (χ3n) is 5.30. The van der Waals surface area contributed by atoms with Crippen molar-refractivity contribution in [2.75, 3.05) is 39.5 Å². The molecular weight excluding hydrogens is 399 g/mol. The predicted octanol–water partition coefficient (Wildman–Crippen LogP) is 3.38. The summed E-state index contributed by atoms with van der Waals surface area (Å²) in [5.41, 5.74) is 1.50. The van der Waals surface area contributed by atoms with E-state index in [2.05, 4.69) is 10.2 Å². The molecule has 0 aromatic heterocycles. The summed E-state index contributed by atoms with van der Waals surface area (Å²) in [6.07, 6.45) is 0.254. The van der Waals surface area contributed by atoms with Gasteiger partial charge in [0.1, 0.15) is 11.6 Å². The van der Waals surface area contributed by atoms with Gasteiger partial charge in [-0.2, -0.15) is 0 Å². The van der Waals surface area contributed by atoms with E-state index in [1.54, 1.807) is 36.4 Å². The first-order valence-corrected chi connectivity index (χ1v) is 10.7. The van der Waals surface area contributed by atoms with Crippen LogP contribution in [0.5, 0.6) is 5.75 Å². The van der Waals surface area contributed by atoms with Gasteiger partial charge >= 0.3 is 0 Å². The minimum Gasteiger partial charge on any atom is -0.494 e. The number of nitrogens with zero attached hydrogens (tertiary/aromatic N) is 1. The first kappa shape index (κ1) is 22.9. The zero-order valence-corrected chi connectivity index (χ0v) is 17.8. The van der Waals surface area contributed by atoms with Crippen LogP contribution in [0.4, 0.5) is 4.39 Å². The normalized spacial score (nSPS) is 15.3. The van der Waals surface area contributed by atoms with Crippen LogP contribution >= 0.6 is 0 Å². The zero-order chi connectivity index (χ0) is 22.1. The van der Waals surface area contributed by atoms with Crippen molar-refractivity contribution in [1.29, 1.82) is 0 Å². The second kappa shape index (κ2) is 11.6. The average molecular weight is 429 g/mol. The molecule has 1 saturated heterocycles. The summed E-state index contributed by atoms with van der Waals surface area (Å²) in [4.78, 5) is 27.0. The van der Waals surface area contributed by atoms with E-state index in [0.717, 1.165) is 18.7 Å². The van der Waals surface area contributed by atoms with Crippen LogP contribution in [0.15, 0.2) is 48.5 Å². The molecule has 0 spiro atoms. The quantitative estimate of drug-likeness (QED) is 0.588. The van der Waals surface area contributed by atoms with Gasteiger partial charge in [-0.1, -0.05) is 12.1 Å². The molecule has 0 radical (unpaired) electrons. The second-order valence-electron chi connectivity index (χ2n) is 7.40. The summed E-state index contributed by atoms with van der Waals surface area (Å²) in [5, 5.41) is 2.94. The number of hydrogen-bond acceptors (Lipinski definition) is 5. The summed E-state index contributed by atoms with van der Waals surface area (Å²) in [6.45, 7) is 5.60. The fourth-order valence-corrected chi connectivity index (χ4v) is 3.61. The van der Waals surface area contributed by atoms with Crippen LogP contribution in [0, 0.1) is 5.82 Å². The molecular formula is C24H29FN2O4. The Balaban J connectivity index is 1.52. The molecule has 31 heavy (non-hydrogen) atoms. The predicted molar refractivity (Wildman–Crippen MR) is 116 cm³/mol. The van der Waals surface area contributed by atoms with Gasteiger partial charge in [-0.05, 0) is 48.9 Å². The number of morpholine rings is 1. The topological polar surface area (TPSA) is 67.9 Å². The lowest BCUT2D eigenvalue weighted by Crippen LogP contribution is -2.43. The number of nitrogens with one attached hydrogen (secondary N) is 1. The molecule has 0 bridgehead atoms. The molecule has 1 fully saturated rings. The molecule has 7 heteroatoms. The summed E-state index contributed by atoms with van der Waals surface area (Å²) in [7, 11) is 0. The molecule has 1 aliphatic heterocycles. The lowest BCUT2D eigenvalue weighted by Gasteiger charge is -2.35. The Morgan fingerprint density at radius 3 is 2.39 bits per heavy atom. The molecule has 6 nitrogen and oxygen atoms in total. The Kier molecular flexibility index (Phi) is 8.55. The van der Waals surface area contributed by atoms with Gasteiger partial charge in [0, 0.05) is 38.0 Å². The summed E-state index contributed by atoms with van der Waals surface area (Å²) >= 11 is 0. The van der Waals surface area contributed by atoms with Crippen LogP contribution < -0.4 is 10.1 Å². The standard InChI is InChI=1S/C24H29FN2O4/c1-2-31-21-9-5-19(6-10-21)23(28)11-12-24(29)26-17-22(27-13-15-30-16-14-27)18-3-7-20(25)8-4-18/h3-10,22H,2,11-17H2,1H3,(H,26,29)/t22-/m1/s1. The third kappa shape index (κ3) is 6.87. The highest BCUT2D eigenvalue weighted by Gasteiger charge is 2.23. The van der Waals surface area contributed by atoms with E-state index < -0.39 is 0 Å². The van der Waals surface area contributed by atoms with E-state index in [0.29, 0.717) is 37.7 Å². The van der Waals surface area contributed by atoms with Crippen LogP contribution in [-0.2, 0) is 9.53 Å². The maximum absolute atomic E-state index is 13.3. The van der Waals surface area contributed by atoms with E-state index in [-0.39, 0.29) is 36.4 Å². The molecule has 1 N–H and O–H groups in total. The van der Waals surface area contributed by atoms with E-state index in [9.17, 15) is 14.0 Å². The van der Waals surface area contributed by atoms with E-state index in [1.807, 2.05) is 6.92 Å². The monoisotopic (exact) mass is 428 g/mol. The van der Waals surface area contributed by atoms with Crippen molar-refractivity contribution in [3.63, 3.8) is 0 Å². The highest BCUT2D eigenvalue weighted by Crippen LogP contribution is 2.22. The highest BCUT2D eigenvalue weighted by molar-refractivity contribution is 5.98. The van der Waals surface area contributed by atoms with E-state index in [4.69, 9.17) is 9.47 Å². The molecule has 1 atom stereocenters. The number of ether oxygens (including phenoxy) is 2. The molecule has 2 aromatic rings. The number of benzene rings is 2. The zero-order valence-electron chi connectivity index (χ0n) is 17.8. The molecule has 166 valence electrons. The van der Waals surface area contributed by atoms with Gasteiger partial charge in [0.25, 0.3) is 0 Å².